The second-order valence-corrected chi connectivity index (χ2v) is 12.1. The van der Waals surface area contributed by atoms with Gasteiger partial charge >= 0.3 is 5.97 Å². The highest BCUT2D eigenvalue weighted by Gasteiger charge is 2.47. The number of fused-ring (bicyclic) bond motifs is 2. The minimum Gasteiger partial charge on any atom is -0.508 e. The van der Waals surface area contributed by atoms with Crippen LogP contribution in [0.5, 0.6) is 34.5 Å². The number of aliphatic hydroxyl groups is 5. The molecule has 6 rings (SSSR count). The first-order chi connectivity index (χ1) is 25.3. The van der Waals surface area contributed by atoms with Gasteiger partial charge in [0.1, 0.15) is 70.2 Å². The third-order valence-corrected chi connectivity index (χ3v) is 8.67. The second-order valence-electron chi connectivity index (χ2n) is 12.1. The standard InChI is InChI=1S/C35H36O18/c1-46-19-7-6-17(38)25-29(43)26-21(50-32(19)25)10-15(36)11-22(26)51-34-31(45)30(44)28(42)23(52-34)13-49-35-33(27(41)18(39)12-48-35)53-24(40)8-4-14-3-5-16(37)20(9-14)47-2/h3-11,18,23,27-28,30-31,33-39,41-42,44-45H,12-13H2,1-2H3/t18-,23-,27+,28-,30+,31-,33-,34-,35+/m0/s1. The first-order valence-electron chi connectivity index (χ1n) is 16.0. The van der Waals surface area contributed by atoms with Crippen molar-refractivity contribution in [2.75, 3.05) is 27.4 Å². The number of hydrogen-bond acceptors (Lipinski definition) is 18. The van der Waals surface area contributed by atoms with E-state index in [1.54, 1.807) is 0 Å². The molecule has 53 heavy (non-hydrogen) atoms. The molecule has 18 heteroatoms. The topological polar surface area (TPSA) is 274 Å². The van der Waals surface area contributed by atoms with Crippen LogP contribution >= 0.6 is 0 Å². The van der Waals surface area contributed by atoms with Crippen molar-refractivity contribution >= 4 is 34.0 Å². The van der Waals surface area contributed by atoms with Gasteiger partial charge in [0.15, 0.2) is 35.2 Å². The molecule has 8 N–H and O–H groups in total. The molecule has 0 amide bonds. The van der Waals surface area contributed by atoms with E-state index >= 15 is 0 Å². The Labute approximate surface area is 298 Å². The van der Waals surface area contributed by atoms with Crippen LogP contribution in [-0.2, 0) is 23.7 Å². The number of phenolic OH excluding ortho intramolecular Hbond substituents is 3. The number of esters is 1. The molecule has 284 valence electrons. The number of benzene rings is 3. The normalized spacial score (nSPS) is 27.6. The number of rotatable bonds is 10. The molecule has 0 aliphatic carbocycles. The third-order valence-electron chi connectivity index (χ3n) is 8.67. The van der Waals surface area contributed by atoms with Crippen LogP contribution in [0.25, 0.3) is 28.0 Å². The largest absolute Gasteiger partial charge is 0.508 e. The molecule has 4 aromatic rings. The van der Waals surface area contributed by atoms with E-state index in [0.29, 0.717) is 5.56 Å². The summed E-state index contributed by atoms with van der Waals surface area (Å²) in [6.07, 6.45) is -12.9. The molecule has 2 fully saturated rings. The summed E-state index contributed by atoms with van der Waals surface area (Å²) in [7, 11) is 2.67. The zero-order chi connectivity index (χ0) is 38.1. The zero-order valence-corrected chi connectivity index (χ0v) is 28.0. The maximum Gasteiger partial charge on any atom is 0.331 e. The van der Waals surface area contributed by atoms with E-state index in [9.17, 15) is 50.4 Å². The van der Waals surface area contributed by atoms with Crippen molar-refractivity contribution < 1.29 is 83.2 Å². The number of aromatic hydroxyl groups is 3. The number of phenols is 3. The summed E-state index contributed by atoms with van der Waals surface area (Å²) in [5, 5.41) is 83.2. The van der Waals surface area contributed by atoms with Crippen LogP contribution in [0.1, 0.15) is 5.56 Å². The number of aliphatic hydroxyl groups excluding tert-OH is 5. The van der Waals surface area contributed by atoms with Crippen LogP contribution in [0.2, 0.25) is 0 Å². The Bertz CT molecular complexity index is 2060. The number of hydrogen-bond donors (Lipinski definition) is 8. The van der Waals surface area contributed by atoms with E-state index in [2.05, 4.69) is 0 Å². The number of ether oxygens (including phenoxy) is 7. The molecule has 18 nitrogen and oxygen atoms in total. The minimum absolute atomic E-state index is 0.112. The van der Waals surface area contributed by atoms with Gasteiger partial charge in [0.2, 0.25) is 11.7 Å². The molecule has 0 unspecified atom stereocenters. The van der Waals surface area contributed by atoms with Gasteiger partial charge in [-0.05, 0) is 35.9 Å². The number of carbonyl (C=O) groups is 1. The molecule has 1 aromatic heterocycles. The summed E-state index contributed by atoms with van der Waals surface area (Å²) in [6, 6.07) is 9.01. The Morgan fingerprint density at radius 2 is 1.57 bits per heavy atom. The third kappa shape index (κ3) is 7.52. The van der Waals surface area contributed by atoms with Crippen molar-refractivity contribution in [1.82, 2.24) is 0 Å². The van der Waals surface area contributed by atoms with Crippen LogP contribution in [0.3, 0.4) is 0 Å². The van der Waals surface area contributed by atoms with Crippen LogP contribution < -0.4 is 19.6 Å². The second kappa shape index (κ2) is 15.4. The van der Waals surface area contributed by atoms with Crippen molar-refractivity contribution in [1.29, 1.82) is 0 Å². The highest BCUT2D eigenvalue weighted by molar-refractivity contribution is 5.98. The molecule has 0 bridgehead atoms. The quantitative estimate of drug-likeness (QED) is 0.0602. The fraction of sp³-hybridized carbons (Fsp3) is 0.371. The van der Waals surface area contributed by atoms with Crippen molar-refractivity contribution in [3.8, 4) is 34.5 Å². The number of carbonyl (C=O) groups excluding carboxylic acids is 1. The van der Waals surface area contributed by atoms with E-state index in [0.717, 1.165) is 18.2 Å². The van der Waals surface area contributed by atoms with Crippen LogP contribution in [0, 0.1) is 0 Å². The SMILES string of the molecule is COc1cc(C=CC(=O)O[C@@H]2[C@@H](OC[C@@H]3O[C@H](Oc4cc(O)cc5oc6c(OC)ccc(O)c6c(=O)c45)[C@@H](O)[C@H](O)[C@H]3O)OC[C@H](O)[C@H]2O)ccc1O. The first-order valence-corrected chi connectivity index (χ1v) is 16.0. The van der Waals surface area contributed by atoms with Gasteiger partial charge < -0.3 is 78.4 Å². The van der Waals surface area contributed by atoms with Crippen molar-refractivity contribution in [3.63, 3.8) is 0 Å². The Hall–Kier alpha value is -5.18. The van der Waals surface area contributed by atoms with Gasteiger partial charge in [-0.2, -0.15) is 0 Å². The minimum atomic E-state index is -1.92. The van der Waals surface area contributed by atoms with Gasteiger partial charge in [-0.1, -0.05) is 6.07 Å². The van der Waals surface area contributed by atoms with Crippen LogP contribution in [0.4, 0.5) is 0 Å². The molecular weight excluding hydrogens is 708 g/mol. The maximum atomic E-state index is 13.6. The Morgan fingerprint density at radius 1 is 0.830 bits per heavy atom. The lowest BCUT2D eigenvalue weighted by atomic mass is 9.99. The Morgan fingerprint density at radius 3 is 2.30 bits per heavy atom. The smallest absolute Gasteiger partial charge is 0.331 e. The summed E-state index contributed by atoms with van der Waals surface area (Å²) >= 11 is 0. The van der Waals surface area contributed by atoms with Gasteiger partial charge in [0.05, 0.1) is 27.4 Å². The molecule has 3 heterocycles. The van der Waals surface area contributed by atoms with Gasteiger partial charge in [-0.25, -0.2) is 4.79 Å². The number of methoxy groups -OCH3 is 2. The van der Waals surface area contributed by atoms with E-state index in [1.807, 2.05) is 0 Å². The van der Waals surface area contributed by atoms with Gasteiger partial charge in [0, 0.05) is 18.2 Å². The summed E-state index contributed by atoms with van der Waals surface area (Å²) in [6.45, 7) is -1.07. The van der Waals surface area contributed by atoms with Crippen LogP contribution in [-0.4, -0.2) is 130 Å². The molecule has 0 spiro atoms. The van der Waals surface area contributed by atoms with Crippen molar-refractivity contribution in [2.24, 2.45) is 0 Å². The fourth-order valence-electron chi connectivity index (χ4n) is 5.88. The maximum absolute atomic E-state index is 13.6. The summed E-state index contributed by atoms with van der Waals surface area (Å²) < 4.78 is 44.1. The van der Waals surface area contributed by atoms with Crippen LogP contribution in [0.15, 0.2) is 57.8 Å². The summed E-state index contributed by atoms with van der Waals surface area (Å²) in [4.78, 5) is 26.4. The molecule has 0 saturated carbocycles. The molecular formula is C35H36O18. The zero-order valence-electron chi connectivity index (χ0n) is 28.0. The van der Waals surface area contributed by atoms with E-state index in [-0.39, 0.29) is 44.9 Å². The van der Waals surface area contributed by atoms with Crippen molar-refractivity contribution in [2.45, 2.75) is 55.3 Å². The molecule has 2 aliphatic rings. The van der Waals surface area contributed by atoms with E-state index < -0.39 is 91.4 Å². The summed E-state index contributed by atoms with van der Waals surface area (Å²) in [5.41, 5.74) is -0.656. The van der Waals surface area contributed by atoms with Crippen molar-refractivity contribution in [3.05, 3.63) is 64.3 Å². The Balaban J connectivity index is 1.20. The molecule has 0 radical (unpaired) electrons. The van der Waals surface area contributed by atoms with E-state index in [1.165, 1.54) is 50.6 Å². The lowest BCUT2D eigenvalue weighted by Crippen LogP contribution is -2.61. The molecule has 9 atom stereocenters. The Kier molecular flexibility index (Phi) is 10.9. The van der Waals surface area contributed by atoms with Gasteiger partial charge in [-0.3, -0.25) is 4.79 Å². The lowest BCUT2D eigenvalue weighted by molar-refractivity contribution is -0.308. The summed E-state index contributed by atoms with van der Waals surface area (Å²) in [5.74, 6) is -2.09. The lowest BCUT2D eigenvalue weighted by Gasteiger charge is -2.41. The molecule has 2 saturated heterocycles. The molecule has 2 aliphatic heterocycles. The molecule has 3 aromatic carbocycles. The van der Waals surface area contributed by atoms with E-state index in [4.69, 9.17) is 37.6 Å². The predicted molar refractivity (Wildman–Crippen MR) is 178 cm³/mol. The average molecular weight is 745 g/mol. The first kappa shape index (κ1) is 37.6. The van der Waals surface area contributed by atoms with Gasteiger partial charge in [0.25, 0.3) is 0 Å². The van der Waals surface area contributed by atoms with Gasteiger partial charge in [-0.15, -0.1) is 0 Å². The average Bonchev–Trinajstić information content (AvgIpc) is 3.13. The highest BCUT2D eigenvalue weighted by atomic mass is 16.7. The predicted octanol–water partition coefficient (Wildman–Crippen LogP) is -0.0135. The highest BCUT2D eigenvalue weighted by Crippen LogP contribution is 2.38. The monoisotopic (exact) mass is 744 g/mol. The fourth-order valence-corrected chi connectivity index (χ4v) is 5.88.